The topological polar surface area (TPSA) is 41.5 Å². The molecule has 2 rings (SSSR count). The van der Waals surface area contributed by atoms with Crippen LogP contribution in [0.4, 0.5) is 0 Å². The van der Waals surface area contributed by atoms with Crippen LogP contribution in [-0.4, -0.2) is 22.9 Å². The van der Waals surface area contributed by atoms with Gasteiger partial charge in [-0.15, -0.1) is 0 Å². The van der Waals surface area contributed by atoms with Crippen molar-refractivity contribution in [3.8, 4) is 0 Å². The molecule has 3 nitrogen and oxygen atoms in total. The molecule has 1 saturated heterocycles. The van der Waals surface area contributed by atoms with Crippen LogP contribution in [0, 0.1) is 0 Å². The van der Waals surface area contributed by atoms with Gasteiger partial charge >= 0.3 is 0 Å². The van der Waals surface area contributed by atoms with Gasteiger partial charge in [-0.2, -0.15) is 0 Å². The monoisotopic (exact) mass is 312 g/mol. The predicted molar refractivity (Wildman–Crippen MR) is 88.6 cm³/mol. The van der Waals surface area contributed by atoms with Crippen LogP contribution in [0.15, 0.2) is 29.3 Å². The second-order valence-corrected chi connectivity index (χ2v) is 5.63. The molecule has 1 amide bonds. The van der Waals surface area contributed by atoms with E-state index in [1.807, 2.05) is 45.0 Å². The minimum Gasteiger partial charge on any atom is -0.304 e. The predicted octanol–water partition coefficient (Wildman–Crippen LogP) is 3.91. The molecule has 5 heteroatoms. The molecule has 0 spiro atoms. The second kappa shape index (κ2) is 9.03. The zero-order valence-corrected chi connectivity index (χ0v) is 13.7. The van der Waals surface area contributed by atoms with E-state index in [1.165, 1.54) is 11.8 Å². The Kier molecular flexibility index (Phi) is 7.70. The van der Waals surface area contributed by atoms with Crippen molar-refractivity contribution in [3.05, 3.63) is 34.9 Å². The third kappa shape index (κ3) is 4.84. The fourth-order valence-electron chi connectivity index (χ4n) is 1.73. The number of nitrogens with zero attached hydrogens (tertiary/aromatic N) is 1. The molecular weight excluding hydrogens is 292 g/mol. The number of amides is 1. The molecule has 1 fully saturated rings. The SMILES string of the molecule is CC.CCC1SC(=NCCc2ccccc2Cl)NC1=O. The molecule has 1 aliphatic rings. The number of aliphatic imine (C=N–C) groups is 1. The first kappa shape index (κ1) is 17.1. The number of hydrogen-bond donors (Lipinski definition) is 1. The average Bonchev–Trinajstić information content (AvgIpc) is 2.83. The lowest BCUT2D eigenvalue weighted by atomic mass is 10.1. The summed E-state index contributed by atoms with van der Waals surface area (Å²) in [5.74, 6) is 0.0685. The van der Waals surface area contributed by atoms with Crippen molar-refractivity contribution >= 4 is 34.4 Å². The summed E-state index contributed by atoms with van der Waals surface area (Å²) in [6.45, 7) is 6.65. The number of benzene rings is 1. The zero-order chi connectivity index (χ0) is 15.0. The number of halogens is 1. The minimum absolute atomic E-state index is 0.0177. The van der Waals surface area contributed by atoms with Crippen LogP contribution in [-0.2, 0) is 11.2 Å². The van der Waals surface area contributed by atoms with Crippen molar-refractivity contribution in [3.63, 3.8) is 0 Å². The summed E-state index contributed by atoms with van der Waals surface area (Å²) in [4.78, 5) is 15.9. The third-order valence-electron chi connectivity index (χ3n) is 2.74. The zero-order valence-electron chi connectivity index (χ0n) is 12.1. The van der Waals surface area contributed by atoms with Gasteiger partial charge in [-0.3, -0.25) is 9.79 Å². The second-order valence-electron chi connectivity index (χ2n) is 4.03. The standard InChI is InChI=1S/C13H15ClN2OS.C2H6/c1-2-11-12(17)16-13(18-11)15-8-7-9-5-3-4-6-10(9)14;1-2/h3-6,11H,2,7-8H2,1H3,(H,15,16,17);1-2H3. The quantitative estimate of drug-likeness (QED) is 0.916. The first-order valence-electron chi connectivity index (χ1n) is 6.96. The Hall–Kier alpha value is -1.00. The molecule has 20 heavy (non-hydrogen) atoms. The lowest BCUT2D eigenvalue weighted by molar-refractivity contribution is -0.118. The Morgan fingerprint density at radius 3 is 2.65 bits per heavy atom. The van der Waals surface area contributed by atoms with Crippen molar-refractivity contribution in [2.45, 2.75) is 38.9 Å². The van der Waals surface area contributed by atoms with E-state index in [-0.39, 0.29) is 11.2 Å². The fourth-order valence-corrected chi connectivity index (χ4v) is 2.89. The van der Waals surface area contributed by atoms with Gasteiger partial charge in [0.05, 0.1) is 5.25 Å². The Bertz CT molecular complexity index is 477. The normalized spacial score (nSPS) is 19.5. The highest BCUT2D eigenvalue weighted by molar-refractivity contribution is 8.15. The van der Waals surface area contributed by atoms with Crippen molar-refractivity contribution in [2.75, 3.05) is 6.54 Å². The Morgan fingerprint density at radius 2 is 2.05 bits per heavy atom. The molecule has 0 saturated carbocycles. The summed E-state index contributed by atoms with van der Waals surface area (Å²) in [5, 5.41) is 4.32. The van der Waals surface area contributed by atoms with E-state index in [0.29, 0.717) is 6.54 Å². The van der Waals surface area contributed by atoms with E-state index in [4.69, 9.17) is 11.6 Å². The number of rotatable bonds is 4. The molecule has 0 aliphatic carbocycles. The molecule has 1 heterocycles. The number of carbonyl (C=O) groups is 1. The van der Waals surface area contributed by atoms with Crippen LogP contribution in [0.1, 0.15) is 32.8 Å². The molecule has 1 aromatic rings. The van der Waals surface area contributed by atoms with E-state index < -0.39 is 0 Å². The molecule has 1 aromatic carbocycles. The van der Waals surface area contributed by atoms with Crippen molar-refractivity contribution < 1.29 is 4.79 Å². The maximum atomic E-state index is 11.5. The first-order chi connectivity index (χ1) is 9.70. The number of nitrogens with one attached hydrogen (secondary N) is 1. The van der Waals surface area contributed by atoms with Crippen LogP contribution in [0.2, 0.25) is 5.02 Å². The number of amidine groups is 1. The maximum Gasteiger partial charge on any atom is 0.239 e. The highest BCUT2D eigenvalue weighted by atomic mass is 35.5. The summed E-state index contributed by atoms with van der Waals surface area (Å²) >= 11 is 7.58. The van der Waals surface area contributed by atoms with E-state index in [1.54, 1.807) is 0 Å². The number of thioether (sulfide) groups is 1. The molecule has 1 atom stereocenters. The first-order valence-corrected chi connectivity index (χ1v) is 8.22. The Balaban J connectivity index is 0.000000956. The molecule has 0 radical (unpaired) electrons. The van der Waals surface area contributed by atoms with Gasteiger partial charge in [-0.25, -0.2) is 0 Å². The highest BCUT2D eigenvalue weighted by Gasteiger charge is 2.27. The third-order valence-corrected chi connectivity index (χ3v) is 4.40. The molecular formula is C15H21ClN2OS. The Morgan fingerprint density at radius 1 is 1.35 bits per heavy atom. The fraction of sp³-hybridized carbons (Fsp3) is 0.467. The summed E-state index contributed by atoms with van der Waals surface area (Å²) in [7, 11) is 0. The van der Waals surface area contributed by atoms with Crippen molar-refractivity contribution in [1.82, 2.24) is 5.32 Å². The molecule has 1 aliphatic heterocycles. The molecule has 110 valence electrons. The molecule has 1 unspecified atom stereocenters. The summed E-state index contributed by atoms with van der Waals surface area (Å²) in [6.07, 6.45) is 1.62. The number of carbonyl (C=O) groups excluding carboxylic acids is 1. The van der Waals surface area contributed by atoms with Crippen LogP contribution in [0.5, 0.6) is 0 Å². The minimum atomic E-state index is 0.0177. The van der Waals surface area contributed by atoms with Gasteiger partial charge in [-0.05, 0) is 24.5 Å². The highest BCUT2D eigenvalue weighted by Crippen LogP contribution is 2.22. The van der Waals surface area contributed by atoms with Gasteiger partial charge in [0, 0.05) is 11.6 Å². The van der Waals surface area contributed by atoms with E-state index in [2.05, 4.69) is 10.3 Å². The smallest absolute Gasteiger partial charge is 0.239 e. The van der Waals surface area contributed by atoms with Gasteiger partial charge in [0.2, 0.25) is 5.91 Å². The summed E-state index contributed by atoms with van der Waals surface area (Å²) in [5.41, 5.74) is 1.09. The summed E-state index contributed by atoms with van der Waals surface area (Å²) < 4.78 is 0. The largest absolute Gasteiger partial charge is 0.304 e. The van der Waals surface area contributed by atoms with Crippen LogP contribution >= 0.6 is 23.4 Å². The van der Waals surface area contributed by atoms with Crippen LogP contribution in [0.25, 0.3) is 0 Å². The molecule has 0 aromatic heterocycles. The van der Waals surface area contributed by atoms with Crippen LogP contribution < -0.4 is 5.32 Å². The summed E-state index contributed by atoms with van der Waals surface area (Å²) in [6, 6.07) is 7.76. The van der Waals surface area contributed by atoms with Gasteiger partial charge in [0.25, 0.3) is 0 Å². The van der Waals surface area contributed by atoms with Crippen LogP contribution in [0.3, 0.4) is 0 Å². The number of hydrogen-bond acceptors (Lipinski definition) is 3. The van der Waals surface area contributed by atoms with E-state index >= 15 is 0 Å². The lowest BCUT2D eigenvalue weighted by Gasteiger charge is -2.01. The lowest BCUT2D eigenvalue weighted by Crippen LogP contribution is -2.24. The van der Waals surface area contributed by atoms with Gasteiger partial charge in [-0.1, -0.05) is 62.3 Å². The average molecular weight is 313 g/mol. The van der Waals surface area contributed by atoms with E-state index in [9.17, 15) is 4.79 Å². The maximum absolute atomic E-state index is 11.5. The van der Waals surface area contributed by atoms with Crippen molar-refractivity contribution in [1.29, 1.82) is 0 Å². The van der Waals surface area contributed by atoms with E-state index in [0.717, 1.165) is 28.6 Å². The van der Waals surface area contributed by atoms with Gasteiger partial charge < -0.3 is 5.32 Å². The van der Waals surface area contributed by atoms with Crippen molar-refractivity contribution in [2.24, 2.45) is 4.99 Å². The molecule has 1 N–H and O–H groups in total. The van der Waals surface area contributed by atoms with Gasteiger partial charge in [0.1, 0.15) is 0 Å². The van der Waals surface area contributed by atoms with Gasteiger partial charge in [0.15, 0.2) is 5.17 Å². The molecule has 0 bridgehead atoms. The Labute approximate surface area is 130 Å².